The highest BCUT2D eigenvalue weighted by atomic mass is 32.2. The first-order chi connectivity index (χ1) is 13.1. The molecule has 0 bridgehead atoms. The molecule has 1 atom stereocenters. The first-order valence-electron chi connectivity index (χ1n) is 8.41. The van der Waals surface area contributed by atoms with Crippen molar-refractivity contribution in [2.24, 2.45) is 5.10 Å². The molecule has 0 aromatic heterocycles. The third kappa shape index (κ3) is 5.01. The number of benzene rings is 2. The van der Waals surface area contributed by atoms with Gasteiger partial charge in [-0.25, -0.2) is 13.8 Å². The molecular weight excluding hydrogens is 382 g/mol. The van der Waals surface area contributed by atoms with E-state index in [9.17, 15) is 18.3 Å². The number of nitrogens with one attached hydrogen (secondary N) is 1. The highest BCUT2D eigenvalue weighted by molar-refractivity contribution is 7.92. The van der Waals surface area contributed by atoms with Crippen molar-refractivity contribution < 1.29 is 23.1 Å². The second-order valence-electron chi connectivity index (χ2n) is 6.12. The second kappa shape index (κ2) is 8.75. The maximum absolute atomic E-state index is 12.5. The molecule has 150 valence electrons. The number of hydrazone groups is 1. The van der Waals surface area contributed by atoms with Gasteiger partial charge in [-0.1, -0.05) is 12.1 Å². The van der Waals surface area contributed by atoms with Crippen molar-refractivity contribution >= 4 is 27.3 Å². The number of ether oxygens (including phenoxy) is 1. The van der Waals surface area contributed by atoms with E-state index >= 15 is 0 Å². The first-order valence-corrected chi connectivity index (χ1v) is 10.3. The lowest BCUT2D eigenvalue weighted by Crippen LogP contribution is -2.46. The quantitative estimate of drug-likeness (QED) is 0.542. The van der Waals surface area contributed by atoms with Gasteiger partial charge in [0.1, 0.15) is 17.5 Å². The molecule has 0 heterocycles. The van der Waals surface area contributed by atoms with Crippen molar-refractivity contribution in [3.05, 3.63) is 54.1 Å². The zero-order valence-electron chi connectivity index (χ0n) is 16.1. The summed E-state index contributed by atoms with van der Waals surface area (Å²) in [5.41, 5.74) is 3.53. The van der Waals surface area contributed by atoms with Crippen molar-refractivity contribution in [3.63, 3.8) is 0 Å². The number of para-hydroxylation sites is 1. The average molecular weight is 405 g/mol. The van der Waals surface area contributed by atoms with Crippen molar-refractivity contribution in [2.45, 2.75) is 19.9 Å². The minimum atomic E-state index is -3.74. The molecule has 2 rings (SSSR count). The fourth-order valence-electron chi connectivity index (χ4n) is 2.61. The minimum Gasteiger partial charge on any atom is -0.507 e. The predicted octanol–water partition coefficient (Wildman–Crippen LogP) is 2.10. The van der Waals surface area contributed by atoms with Gasteiger partial charge in [0, 0.05) is 5.56 Å². The summed E-state index contributed by atoms with van der Waals surface area (Å²) in [6.07, 6.45) is 1.03. The number of methoxy groups -OCH3 is 1. The number of rotatable bonds is 7. The molecular formula is C19H23N3O5S. The van der Waals surface area contributed by atoms with Gasteiger partial charge in [-0.3, -0.25) is 9.10 Å². The molecule has 0 aliphatic rings. The number of sulfonamides is 1. The summed E-state index contributed by atoms with van der Waals surface area (Å²) in [5, 5.41) is 13.8. The van der Waals surface area contributed by atoms with Crippen LogP contribution in [-0.2, 0) is 14.8 Å². The molecule has 0 unspecified atom stereocenters. The third-order valence-electron chi connectivity index (χ3n) is 4.04. The Balaban J connectivity index is 2.24. The maximum Gasteiger partial charge on any atom is 0.263 e. The lowest BCUT2D eigenvalue weighted by atomic mass is 10.1. The number of phenols is 1. The van der Waals surface area contributed by atoms with E-state index in [0.29, 0.717) is 22.7 Å². The molecule has 2 N–H and O–H groups in total. The number of amides is 1. The SMILES string of the molecule is COc1ccc(N([C@H](C)C(=O)N/N=C(\C)c2ccccc2O)S(C)(=O)=O)cc1. The van der Waals surface area contributed by atoms with E-state index in [-0.39, 0.29) is 5.75 Å². The van der Waals surface area contributed by atoms with Crippen molar-refractivity contribution in [1.82, 2.24) is 5.43 Å². The lowest BCUT2D eigenvalue weighted by molar-refractivity contribution is -0.121. The van der Waals surface area contributed by atoms with Crippen LogP contribution in [0.1, 0.15) is 19.4 Å². The number of hydrogen-bond acceptors (Lipinski definition) is 6. The van der Waals surface area contributed by atoms with Gasteiger partial charge in [0.05, 0.1) is 24.8 Å². The zero-order valence-corrected chi connectivity index (χ0v) is 16.9. The van der Waals surface area contributed by atoms with Gasteiger partial charge in [-0.05, 0) is 50.2 Å². The normalized spacial score (nSPS) is 12.9. The Morgan fingerprint density at radius 3 is 2.32 bits per heavy atom. The van der Waals surface area contributed by atoms with E-state index in [4.69, 9.17) is 4.74 Å². The van der Waals surface area contributed by atoms with E-state index < -0.39 is 22.0 Å². The van der Waals surface area contributed by atoms with Crippen LogP contribution in [0.25, 0.3) is 0 Å². The number of carbonyl (C=O) groups excluding carboxylic acids is 1. The number of carbonyl (C=O) groups is 1. The van der Waals surface area contributed by atoms with Gasteiger partial charge >= 0.3 is 0 Å². The zero-order chi connectivity index (χ0) is 20.9. The third-order valence-corrected chi connectivity index (χ3v) is 5.28. The minimum absolute atomic E-state index is 0.0297. The second-order valence-corrected chi connectivity index (χ2v) is 7.98. The number of anilines is 1. The Bertz CT molecular complexity index is 971. The van der Waals surface area contributed by atoms with Crippen LogP contribution >= 0.6 is 0 Å². The van der Waals surface area contributed by atoms with E-state index in [0.717, 1.165) is 10.6 Å². The predicted molar refractivity (Wildman–Crippen MR) is 108 cm³/mol. The molecule has 2 aromatic carbocycles. The van der Waals surface area contributed by atoms with Crippen LogP contribution in [0.4, 0.5) is 5.69 Å². The Hall–Kier alpha value is -3.07. The molecule has 1 amide bonds. The summed E-state index contributed by atoms with van der Waals surface area (Å²) in [5.74, 6) is -0.0183. The van der Waals surface area contributed by atoms with Crippen LogP contribution in [0, 0.1) is 0 Å². The van der Waals surface area contributed by atoms with Gasteiger partial charge in [0.2, 0.25) is 10.0 Å². The van der Waals surface area contributed by atoms with Crippen LogP contribution in [0.2, 0.25) is 0 Å². The summed E-state index contributed by atoms with van der Waals surface area (Å²) >= 11 is 0. The number of hydrogen-bond donors (Lipinski definition) is 2. The summed E-state index contributed by atoms with van der Waals surface area (Å²) in [6, 6.07) is 11.8. The fraction of sp³-hybridized carbons (Fsp3) is 0.263. The van der Waals surface area contributed by atoms with Crippen LogP contribution in [0.15, 0.2) is 53.6 Å². The molecule has 0 saturated carbocycles. The standard InChI is InChI=1S/C19H23N3O5S/c1-13(17-7-5-6-8-18(17)23)20-21-19(24)14(2)22(28(4,25)26)15-9-11-16(27-3)12-10-15/h5-12,14,23H,1-4H3,(H,21,24)/b20-13+/t14-/m1/s1. The van der Waals surface area contributed by atoms with E-state index in [1.807, 2.05) is 0 Å². The molecule has 9 heteroatoms. The smallest absolute Gasteiger partial charge is 0.263 e. The highest BCUT2D eigenvalue weighted by Crippen LogP contribution is 2.24. The highest BCUT2D eigenvalue weighted by Gasteiger charge is 2.29. The Kier molecular flexibility index (Phi) is 6.63. The van der Waals surface area contributed by atoms with Gasteiger partial charge in [0.15, 0.2) is 0 Å². The van der Waals surface area contributed by atoms with E-state index in [1.165, 1.54) is 20.1 Å². The molecule has 2 aromatic rings. The molecule has 0 radical (unpaired) electrons. The largest absolute Gasteiger partial charge is 0.507 e. The number of nitrogens with zero attached hydrogens (tertiary/aromatic N) is 2. The Morgan fingerprint density at radius 2 is 1.79 bits per heavy atom. The molecule has 0 aliphatic heterocycles. The Morgan fingerprint density at radius 1 is 1.18 bits per heavy atom. The molecule has 0 saturated heterocycles. The fourth-order valence-corrected chi connectivity index (χ4v) is 3.78. The molecule has 0 spiro atoms. The van der Waals surface area contributed by atoms with E-state index in [2.05, 4.69) is 10.5 Å². The maximum atomic E-state index is 12.5. The monoisotopic (exact) mass is 405 g/mol. The van der Waals surface area contributed by atoms with E-state index in [1.54, 1.807) is 49.4 Å². The molecule has 0 aliphatic carbocycles. The summed E-state index contributed by atoms with van der Waals surface area (Å²) < 4.78 is 30.6. The Labute approximate surface area is 164 Å². The molecule has 8 nitrogen and oxygen atoms in total. The van der Waals surface area contributed by atoms with Crippen LogP contribution < -0.4 is 14.5 Å². The van der Waals surface area contributed by atoms with Gasteiger partial charge in [-0.15, -0.1) is 0 Å². The number of phenolic OH excluding ortho intramolecular Hbond substituents is 1. The number of aromatic hydroxyl groups is 1. The van der Waals surface area contributed by atoms with Crippen LogP contribution in [-0.4, -0.2) is 44.6 Å². The summed E-state index contributed by atoms with van der Waals surface area (Å²) in [7, 11) is -2.23. The topological polar surface area (TPSA) is 108 Å². The summed E-state index contributed by atoms with van der Waals surface area (Å²) in [4.78, 5) is 12.5. The summed E-state index contributed by atoms with van der Waals surface area (Å²) in [6.45, 7) is 3.09. The first kappa shape index (κ1) is 21.2. The van der Waals surface area contributed by atoms with Crippen molar-refractivity contribution in [2.75, 3.05) is 17.7 Å². The average Bonchev–Trinajstić information content (AvgIpc) is 2.65. The van der Waals surface area contributed by atoms with Crippen LogP contribution in [0.5, 0.6) is 11.5 Å². The van der Waals surface area contributed by atoms with Gasteiger partial charge in [-0.2, -0.15) is 5.10 Å². The van der Waals surface area contributed by atoms with Crippen molar-refractivity contribution in [3.8, 4) is 11.5 Å². The lowest BCUT2D eigenvalue weighted by Gasteiger charge is -2.27. The van der Waals surface area contributed by atoms with Crippen LogP contribution in [0.3, 0.4) is 0 Å². The van der Waals surface area contributed by atoms with Gasteiger partial charge < -0.3 is 9.84 Å². The van der Waals surface area contributed by atoms with Gasteiger partial charge in [0.25, 0.3) is 5.91 Å². The van der Waals surface area contributed by atoms with Crippen molar-refractivity contribution in [1.29, 1.82) is 0 Å². The molecule has 28 heavy (non-hydrogen) atoms. The molecule has 0 fully saturated rings.